The molecule has 0 rings (SSSR count). The van der Waals surface area contributed by atoms with Gasteiger partial charge in [0.15, 0.2) is 0 Å². The van der Waals surface area contributed by atoms with Gasteiger partial charge in [0.05, 0.1) is 6.10 Å². The van der Waals surface area contributed by atoms with Gasteiger partial charge in [0.25, 0.3) is 0 Å². The lowest BCUT2D eigenvalue weighted by atomic mass is 9.91. The first-order chi connectivity index (χ1) is 8.72. The van der Waals surface area contributed by atoms with Crippen molar-refractivity contribution in [3.8, 4) is 0 Å². The normalized spacial score (nSPS) is 16.5. The Balaban J connectivity index is 5.13. The fourth-order valence-corrected chi connectivity index (χ4v) is 2.64. The molecule has 0 aliphatic heterocycles. The van der Waals surface area contributed by atoms with E-state index in [2.05, 4.69) is 6.92 Å². The maximum absolute atomic E-state index is 12.7. The third-order valence-electron chi connectivity index (χ3n) is 3.58. The summed E-state index contributed by atoms with van der Waals surface area (Å²) in [6.45, 7) is 11.8. The Bertz CT molecular complexity index is 273. The van der Waals surface area contributed by atoms with Gasteiger partial charge in [-0.25, -0.2) is 0 Å². The highest BCUT2D eigenvalue weighted by molar-refractivity contribution is 6.35. The molecule has 0 saturated carbocycles. The first-order valence-electron chi connectivity index (χ1n) is 7.42. The van der Waals surface area contributed by atoms with Gasteiger partial charge in [-0.2, -0.15) is 0 Å². The lowest BCUT2D eigenvalue weighted by Gasteiger charge is -2.39. The number of rotatable bonds is 8. The number of aliphatic hydroxyl groups excluding tert-OH is 1. The first-order valence-corrected chi connectivity index (χ1v) is 7.79. The van der Waals surface area contributed by atoms with Gasteiger partial charge in [-0.3, -0.25) is 4.79 Å². The number of carbonyl (C=O) groups excluding carboxylic acids is 1. The van der Waals surface area contributed by atoms with E-state index >= 15 is 0 Å². The Kier molecular flexibility index (Phi) is 7.99. The Labute approximate surface area is 123 Å². The number of halogens is 1. The lowest BCUT2D eigenvalue weighted by Crippen LogP contribution is -2.56. The molecule has 0 aliphatic carbocycles. The standard InChI is InChI=1S/C15H30ClNO2/c1-7-9-10-13(18)15(16,8-2)14(19)17(11(3)4)12(5)6/h11-13,18H,7-10H2,1-6H3. The number of aliphatic hydroxyl groups is 1. The smallest absolute Gasteiger partial charge is 0.246 e. The molecule has 114 valence electrons. The summed E-state index contributed by atoms with van der Waals surface area (Å²) in [6, 6.07) is 0.158. The van der Waals surface area contributed by atoms with Crippen LogP contribution in [0.2, 0.25) is 0 Å². The molecule has 2 unspecified atom stereocenters. The average molecular weight is 292 g/mol. The van der Waals surface area contributed by atoms with Crippen LogP contribution in [0.4, 0.5) is 0 Å². The molecule has 0 bridgehead atoms. The van der Waals surface area contributed by atoms with E-state index in [1.54, 1.807) is 4.90 Å². The van der Waals surface area contributed by atoms with Crippen LogP contribution in [0.3, 0.4) is 0 Å². The summed E-state index contributed by atoms with van der Waals surface area (Å²) < 4.78 is 0. The van der Waals surface area contributed by atoms with Gasteiger partial charge < -0.3 is 10.0 Å². The highest BCUT2D eigenvalue weighted by Crippen LogP contribution is 2.31. The number of alkyl halides is 1. The minimum atomic E-state index is -1.19. The van der Waals surface area contributed by atoms with Crippen molar-refractivity contribution in [3.05, 3.63) is 0 Å². The number of hydrogen-bond donors (Lipinski definition) is 1. The maximum Gasteiger partial charge on any atom is 0.246 e. The zero-order valence-electron chi connectivity index (χ0n) is 13.2. The second kappa shape index (κ2) is 8.11. The average Bonchev–Trinajstić information content (AvgIpc) is 2.33. The largest absolute Gasteiger partial charge is 0.391 e. The summed E-state index contributed by atoms with van der Waals surface area (Å²) in [6.07, 6.45) is 2.09. The first kappa shape index (κ1) is 18.7. The molecule has 0 fully saturated rings. The van der Waals surface area contributed by atoms with Crippen molar-refractivity contribution in [2.45, 2.75) is 90.3 Å². The van der Waals surface area contributed by atoms with E-state index < -0.39 is 11.0 Å². The summed E-state index contributed by atoms with van der Waals surface area (Å²) in [5, 5.41) is 10.3. The van der Waals surface area contributed by atoms with E-state index in [0.717, 1.165) is 12.8 Å². The molecule has 19 heavy (non-hydrogen) atoms. The van der Waals surface area contributed by atoms with Gasteiger partial charge in [-0.1, -0.05) is 26.7 Å². The highest BCUT2D eigenvalue weighted by atomic mass is 35.5. The van der Waals surface area contributed by atoms with Crippen molar-refractivity contribution in [1.29, 1.82) is 0 Å². The van der Waals surface area contributed by atoms with E-state index in [-0.39, 0.29) is 18.0 Å². The molecule has 0 aromatic heterocycles. The molecular formula is C15H30ClNO2. The molecule has 0 heterocycles. The summed E-state index contributed by atoms with van der Waals surface area (Å²) in [7, 11) is 0. The quantitative estimate of drug-likeness (QED) is 0.695. The van der Waals surface area contributed by atoms with E-state index in [4.69, 9.17) is 11.6 Å². The Morgan fingerprint density at radius 3 is 2.00 bits per heavy atom. The second-order valence-corrected chi connectivity index (χ2v) is 6.45. The Morgan fingerprint density at radius 2 is 1.68 bits per heavy atom. The molecule has 1 N–H and O–H groups in total. The Morgan fingerprint density at radius 1 is 1.21 bits per heavy atom. The fourth-order valence-electron chi connectivity index (χ4n) is 2.44. The van der Waals surface area contributed by atoms with Crippen LogP contribution in [0.25, 0.3) is 0 Å². The molecule has 3 nitrogen and oxygen atoms in total. The predicted molar refractivity (Wildman–Crippen MR) is 81.5 cm³/mol. The number of amides is 1. The van der Waals surface area contributed by atoms with Crippen LogP contribution >= 0.6 is 11.6 Å². The van der Waals surface area contributed by atoms with Gasteiger partial charge in [0.1, 0.15) is 4.87 Å². The molecule has 0 saturated heterocycles. The van der Waals surface area contributed by atoms with E-state index in [9.17, 15) is 9.90 Å². The molecule has 0 aliphatic rings. The van der Waals surface area contributed by atoms with Crippen LogP contribution < -0.4 is 0 Å². The lowest BCUT2D eigenvalue weighted by molar-refractivity contribution is -0.141. The molecule has 2 atom stereocenters. The molecule has 0 radical (unpaired) electrons. The van der Waals surface area contributed by atoms with Crippen LogP contribution in [0.1, 0.15) is 67.2 Å². The van der Waals surface area contributed by atoms with E-state index in [1.165, 1.54) is 0 Å². The summed E-state index contributed by atoms with van der Waals surface area (Å²) in [5.74, 6) is -0.148. The van der Waals surface area contributed by atoms with Gasteiger partial charge in [0.2, 0.25) is 5.91 Å². The van der Waals surface area contributed by atoms with Crippen molar-refractivity contribution >= 4 is 17.5 Å². The van der Waals surface area contributed by atoms with Crippen molar-refractivity contribution in [2.24, 2.45) is 0 Å². The van der Waals surface area contributed by atoms with Crippen LogP contribution in [-0.2, 0) is 4.79 Å². The molecule has 4 heteroatoms. The van der Waals surface area contributed by atoms with E-state index in [1.807, 2.05) is 34.6 Å². The highest BCUT2D eigenvalue weighted by Gasteiger charge is 2.45. The van der Waals surface area contributed by atoms with Crippen LogP contribution in [0.15, 0.2) is 0 Å². The van der Waals surface area contributed by atoms with Crippen molar-refractivity contribution in [1.82, 2.24) is 4.90 Å². The van der Waals surface area contributed by atoms with Gasteiger partial charge in [-0.15, -0.1) is 11.6 Å². The van der Waals surface area contributed by atoms with Crippen molar-refractivity contribution in [3.63, 3.8) is 0 Å². The van der Waals surface area contributed by atoms with Gasteiger partial charge >= 0.3 is 0 Å². The van der Waals surface area contributed by atoms with Crippen LogP contribution in [0.5, 0.6) is 0 Å². The number of hydrogen-bond acceptors (Lipinski definition) is 2. The van der Waals surface area contributed by atoms with Crippen LogP contribution in [0, 0.1) is 0 Å². The summed E-state index contributed by atoms with van der Waals surface area (Å²) in [5.41, 5.74) is 0. The summed E-state index contributed by atoms with van der Waals surface area (Å²) in [4.78, 5) is 13.3. The Hall–Kier alpha value is -0.280. The third kappa shape index (κ3) is 4.64. The number of carbonyl (C=O) groups is 1. The minimum absolute atomic E-state index is 0.0792. The topological polar surface area (TPSA) is 40.5 Å². The molecule has 0 spiro atoms. The molecular weight excluding hydrogens is 262 g/mol. The van der Waals surface area contributed by atoms with E-state index in [0.29, 0.717) is 12.8 Å². The number of nitrogens with zero attached hydrogens (tertiary/aromatic N) is 1. The van der Waals surface area contributed by atoms with Crippen molar-refractivity contribution in [2.75, 3.05) is 0 Å². The zero-order valence-corrected chi connectivity index (χ0v) is 14.0. The van der Waals surface area contributed by atoms with Gasteiger partial charge in [0, 0.05) is 12.1 Å². The zero-order chi connectivity index (χ0) is 15.2. The third-order valence-corrected chi connectivity index (χ3v) is 4.26. The predicted octanol–water partition coefficient (Wildman–Crippen LogP) is 3.57. The summed E-state index contributed by atoms with van der Waals surface area (Å²) >= 11 is 6.50. The van der Waals surface area contributed by atoms with Gasteiger partial charge in [-0.05, 0) is 40.5 Å². The van der Waals surface area contributed by atoms with Crippen molar-refractivity contribution < 1.29 is 9.90 Å². The minimum Gasteiger partial charge on any atom is -0.391 e. The SMILES string of the molecule is CCCCC(O)C(Cl)(CC)C(=O)N(C(C)C)C(C)C. The fraction of sp³-hybridized carbons (Fsp3) is 0.933. The second-order valence-electron chi connectivity index (χ2n) is 5.77. The molecule has 0 aromatic rings. The monoisotopic (exact) mass is 291 g/mol. The van der Waals surface area contributed by atoms with Crippen LogP contribution in [-0.4, -0.2) is 39.0 Å². The molecule has 0 aromatic carbocycles. The number of unbranched alkanes of at least 4 members (excludes halogenated alkanes) is 1. The molecule has 1 amide bonds. The maximum atomic E-state index is 12.7.